The Labute approximate surface area is 183 Å². The molecule has 0 aliphatic carbocycles. The van der Waals surface area contributed by atoms with Gasteiger partial charge in [0.15, 0.2) is 5.82 Å². The Morgan fingerprint density at radius 2 is 1.87 bits per heavy atom. The van der Waals surface area contributed by atoms with Gasteiger partial charge in [-0.1, -0.05) is 48.9 Å². The lowest BCUT2D eigenvalue weighted by molar-refractivity contribution is -0.125. The molecule has 1 N–H and O–H groups in total. The van der Waals surface area contributed by atoms with E-state index in [0.717, 1.165) is 48.2 Å². The molecule has 31 heavy (non-hydrogen) atoms. The summed E-state index contributed by atoms with van der Waals surface area (Å²) in [7, 11) is 0. The van der Waals surface area contributed by atoms with E-state index in [4.69, 9.17) is 14.7 Å². The Balaban J connectivity index is 1.48. The second kappa shape index (κ2) is 9.77. The van der Waals surface area contributed by atoms with Gasteiger partial charge in [-0.25, -0.2) is 9.97 Å². The molecular formula is C25H30N4O2. The van der Waals surface area contributed by atoms with Crippen LogP contribution in [0.25, 0.3) is 11.0 Å². The maximum atomic E-state index is 12.9. The third-order valence-electron chi connectivity index (χ3n) is 5.64. The lowest BCUT2D eigenvalue weighted by Gasteiger charge is -2.33. The van der Waals surface area contributed by atoms with Crippen LogP contribution in [0.1, 0.15) is 37.3 Å². The highest BCUT2D eigenvalue weighted by molar-refractivity contribution is 5.80. The Morgan fingerprint density at radius 3 is 2.61 bits per heavy atom. The zero-order valence-electron chi connectivity index (χ0n) is 18.3. The normalized spacial score (nSPS) is 16.3. The molecule has 2 heterocycles. The molecule has 1 atom stereocenters. The fraction of sp³-hybridized carbons (Fsp3) is 0.400. The van der Waals surface area contributed by atoms with E-state index in [2.05, 4.69) is 48.3 Å². The number of benzene rings is 2. The molecule has 2 aromatic carbocycles. The van der Waals surface area contributed by atoms with Crippen molar-refractivity contribution < 1.29 is 9.53 Å². The summed E-state index contributed by atoms with van der Waals surface area (Å²) in [6, 6.07) is 16.1. The summed E-state index contributed by atoms with van der Waals surface area (Å²) in [4.78, 5) is 24.6. The van der Waals surface area contributed by atoms with Crippen molar-refractivity contribution >= 4 is 22.8 Å². The van der Waals surface area contributed by atoms with Gasteiger partial charge in [-0.15, -0.1) is 0 Å². The Kier molecular flexibility index (Phi) is 6.65. The molecule has 0 radical (unpaired) electrons. The minimum atomic E-state index is -0.0773. The van der Waals surface area contributed by atoms with Crippen LogP contribution in [-0.4, -0.2) is 35.6 Å². The number of anilines is 1. The van der Waals surface area contributed by atoms with Crippen molar-refractivity contribution in [2.45, 2.75) is 39.7 Å². The van der Waals surface area contributed by atoms with E-state index in [1.165, 1.54) is 5.56 Å². The first-order chi connectivity index (χ1) is 15.1. The smallest absolute Gasteiger partial charge is 0.258 e. The van der Waals surface area contributed by atoms with Crippen molar-refractivity contribution in [1.29, 1.82) is 0 Å². The van der Waals surface area contributed by atoms with Gasteiger partial charge in [0.2, 0.25) is 5.91 Å². The molecule has 1 amide bonds. The third kappa shape index (κ3) is 5.13. The minimum Gasteiger partial charge on any atom is -0.475 e. The molecule has 0 spiro atoms. The number of hydrogen-bond donors (Lipinski definition) is 1. The highest BCUT2D eigenvalue weighted by Gasteiger charge is 2.28. The molecule has 1 aliphatic rings. The molecular weight excluding hydrogens is 388 g/mol. The van der Waals surface area contributed by atoms with E-state index in [1.807, 2.05) is 24.3 Å². The summed E-state index contributed by atoms with van der Waals surface area (Å²) in [5.41, 5.74) is 3.99. The van der Waals surface area contributed by atoms with Crippen LogP contribution in [0.5, 0.6) is 5.88 Å². The van der Waals surface area contributed by atoms with Crippen molar-refractivity contribution in [1.82, 2.24) is 15.3 Å². The topological polar surface area (TPSA) is 67.4 Å². The number of amides is 1. The molecule has 1 aromatic heterocycles. The molecule has 6 nitrogen and oxygen atoms in total. The maximum Gasteiger partial charge on any atom is 0.258 e. The lowest BCUT2D eigenvalue weighted by Crippen LogP contribution is -2.43. The molecule has 0 saturated carbocycles. The van der Waals surface area contributed by atoms with E-state index < -0.39 is 0 Å². The minimum absolute atomic E-state index is 0.0773. The van der Waals surface area contributed by atoms with Gasteiger partial charge in [-0.2, -0.15) is 0 Å². The predicted molar refractivity (Wildman–Crippen MR) is 123 cm³/mol. The van der Waals surface area contributed by atoms with Gasteiger partial charge >= 0.3 is 0 Å². The van der Waals surface area contributed by atoms with Gasteiger partial charge in [0.05, 0.1) is 23.6 Å². The molecule has 4 rings (SSSR count). The SMILES string of the molecule is CCCOc1nc2ccccc2nc1N1CCC[C@@H](C(=O)NCc2ccc(C)cc2)C1. The summed E-state index contributed by atoms with van der Waals surface area (Å²) < 4.78 is 5.94. The summed E-state index contributed by atoms with van der Waals surface area (Å²) in [6.45, 7) is 6.74. The Bertz CT molecular complexity index is 1040. The zero-order chi connectivity index (χ0) is 21.6. The van der Waals surface area contributed by atoms with Gasteiger partial charge in [0.25, 0.3) is 5.88 Å². The van der Waals surface area contributed by atoms with Crippen LogP contribution < -0.4 is 15.0 Å². The number of rotatable bonds is 7. The quantitative estimate of drug-likeness (QED) is 0.621. The molecule has 1 aliphatic heterocycles. The van der Waals surface area contributed by atoms with Gasteiger partial charge in [-0.05, 0) is 43.9 Å². The Morgan fingerprint density at radius 1 is 1.13 bits per heavy atom. The second-order valence-corrected chi connectivity index (χ2v) is 8.18. The van der Waals surface area contributed by atoms with Crippen LogP contribution in [0.3, 0.4) is 0 Å². The molecule has 162 valence electrons. The van der Waals surface area contributed by atoms with Crippen molar-refractivity contribution in [3.05, 3.63) is 59.7 Å². The molecule has 6 heteroatoms. The molecule has 1 fully saturated rings. The van der Waals surface area contributed by atoms with E-state index in [-0.39, 0.29) is 11.8 Å². The first kappa shape index (κ1) is 21.1. The summed E-state index contributed by atoms with van der Waals surface area (Å²) in [5.74, 6) is 1.31. The first-order valence-electron chi connectivity index (χ1n) is 11.1. The van der Waals surface area contributed by atoms with Gasteiger partial charge in [0.1, 0.15) is 0 Å². The van der Waals surface area contributed by atoms with Gasteiger partial charge in [-0.3, -0.25) is 4.79 Å². The van der Waals surface area contributed by atoms with Crippen LogP contribution in [0.4, 0.5) is 5.82 Å². The molecule has 1 saturated heterocycles. The number of hydrogen-bond acceptors (Lipinski definition) is 5. The van der Waals surface area contributed by atoms with Crippen molar-refractivity contribution in [3.8, 4) is 5.88 Å². The number of aromatic nitrogens is 2. The average Bonchev–Trinajstić information content (AvgIpc) is 2.81. The maximum absolute atomic E-state index is 12.9. The summed E-state index contributed by atoms with van der Waals surface area (Å²) in [6.07, 6.45) is 2.71. The largest absolute Gasteiger partial charge is 0.475 e. The number of ether oxygens (including phenoxy) is 1. The highest BCUT2D eigenvalue weighted by Crippen LogP contribution is 2.30. The van der Waals surface area contributed by atoms with Crippen molar-refractivity contribution in [3.63, 3.8) is 0 Å². The number of carbonyl (C=O) groups is 1. The summed E-state index contributed by atoms with van der Waals surface area (Å²) >= 11 is 0. The standard InChI is InChI=1S/C25H30N4O2/c1-3-15-31-25-23(27-21-8-4-5-9-22(21)28-25)29-14-6-7-20(17-29)24(30)26-16-19-12-10-18(2)11-13-19/h4-5,8-13,20H,3,6-7,14-17H2,1-2H3,(H,26,30)/t20-/m1/s1. The number of para-hydroxylation sites is 2. The predicted octanol–water partition coefficient (Wildman–Crippen LogP) is 4.26. The van der Waals surface area contributed by atoms with Gasteiger partial charge in [0, 0.05) is 19.6 Å². The highest BCUT2D eigenvalue weighted by atomic mass is 16.5. The van der Waals surface area contributed by atoms with E-state index >= 15 is 0 Å². The number of piperidine rings is 1. The number of carbonyl (C=O) groups excluding carboxylic acids is 1. The molecule has 0 bridgehead atoms. The molecule has 3 aromatic rings. The number of nitrogens with one attached hydrogen (secondary N) is 1. The van der Waals surface area contributed by atoms with Crippen LogP contribution in [0, 0.1) is 12.8 Å². The fourth-order valence-electron chi connectivity index (χ4n) is 3.90. The van der Waals surface area contributed by atoms with Crippen molar-refractivity contribution in [2.24, 2.45) is 5.92 Å². The lowest BCUT2D eigenvalue weighted by atomic mass is 9.97. The number of nitrogens with zero attached hydrogens (tertiary/aromatic N) is 3. The van der Waals surface area contributed by atoms with Crippen LogP contribution >= 0.6 is 0 Å². The van der Waals surface area contributed by atoms with Crippen LogP contribution in [0.15, 0.2) is 48.5 Å². The summed E-state index contributed by atoms with van der Waals surface area (Å²) in [5, 5.41) is 3.11. The number of aryl methyl sites for hydroxylation is 1. The van der Waals surface area contributed by atoms with E-state index in [1.54, 1.807) is 0 Å². The third-order valence-corrected chi connectivity index (χ3v) is 5.64. The zero-order valence-corrected chi connectivity index (χ0v) is 18.3. The van der Waals surface area contributed by atoms with E-state index in [0.29, 0.717) is 25.6 Å². The monoisotopic (exact) mass is 418 g/mol. The fourth-order valence-corrected chi connectivity index (χ4v) is 3.90. The average molecular weight is 419 g/mol. The second-order valence-electron chi connectivity index (χ2n) is 8.18. The Hall–Kier alpha value is -3.15. The van der Waals surface area contributed by atoms with Crippen molar-refractivity contribution in [2.75, 3.05) is 24.6 Å². The van der Waals surface area contributed by atoms with Gasteiger partial charge < -0.3 is 15.0 Å². The molecule has 0 unspecified atom stereocenters. The van der Waals surface area contributed by atoms with E-state index in [9.17, 15) is 4.79 Å². The van der Waals surface area contributed by atoms with Crippen LogP contribution in [0.2, 0.25) is 0 Å². The first-order valence-corrected chi connectivity index (χ1v) is 11.1. The van der Waals surface area contributed by atoms with Crippen LogP contribution in [-0.2, 0) is 11.3 Å². The number of fused-ring (bicyclic) bond motifs is 1.